The van der Waals surface area contributed by atoms with E-state index in [0.29, 0.717) is 31.7 Å². The first-order chi connectivity index (χ1) is 8.59. The second-order valence-corrected chi connectivity index (χ2v) is 5.19. The Morgan fingerprint density at radius 2 is 2.11 bits per heavy atom. The van der Waals surface area contributed by atoms with Gasteiger partial charge in [0.2, 0.25) is 5.91 Å². The fourth-order valence-corrected chi connectivity index (χ4v) is 1.81. The summed E-state index contributed by atoms with van der Waals surface area (Å²) in [5.41, 5.74) is 0. The van der Waals surface area contributed by atoms with E-state index in [2.05, 4.69) is 22.5 Å². The van der Waals surface area contributed by atoms with Crippen molar-refractivity contribution < 1.29 is 9.53 Å². The fourth-order valence-electron chi connectivity index (χ4n) is 1.81. The topological polar surface area (TPSA) is 53.6 Å². The highest BCUT2D eigenvalue weighted by molar-refractivity contribution is 5.75. The second kappa shape index (κ2) is 8.45. The van der Waals surface area contributed by atoms with Crippen molar-refractivity contribution in [2.45, 2.75) is 38.3 Å². The second-order valence-electron chi connectivity index (χ2n) is 5.19. The molecule has 2 N–H and O–H groups in total. The summed E-state index contributed by atoms with van der Waals surface area (Å²) in [6.07, 6.45) is 2.91. The van der Waals surface area contributed by atoms with Crippen LogP contribution >= 0.6 is 0 Å². The quantitative estimate of drug-likeness (QED) is 0.685. The predicted octanol–water partition coefficient (Wildman–Crippen LogP) is 0.211. The van der Waals surface area contributed by atoms with Gasteiger partial charge in [-0.05, 0) is 47.0 Å². The van der Waals surface area contributed by atoms with Gasteiger partial charge in [0.05, 0.1) is 12.7 Å². The summed E-state index contributed by atoms with van der Waals surface area (Å²) in [4.78, 5) is 13.7. The van der Waals surface area contributed by atoms with Gasteiger partial charge in [0.15, 0.2) is 0 Å². The van der Waals surface area contributed by atoms with Crippen LogP contribution in [-0.4, -0.2) is 63.3 Å². The molecule has 0 aromatic heterocycles. The molecule has 5 heteroatoms. The maximum atomic E-state index is 11.6. The molecule has 18 heavy (non-hydrogen) atoms. The van der Waals surface area contributed by atoms with Crippen LogP contribution in [0.15, 0.2) is 0 Å². The molecule has 1 saturated heterocycles. The minimum Gasteiger partial charge on any atom is -0.378 e. The predicted molar refractivity (Wildman–Crippen MR) is 72.6 cm³/mol. The molecule has 5 nitrogen and oxygen atoms in total. The third-order valence-corrected chi connectivity index (χ3v) is 3.45. The number of likely N-dealkylation sites (N-methyl/N-ethyl adjacent to an activating group) is 1. The summed E-state index contributed by atoms with van der Waals surface area (Å²) in [5.74, 6) is 0.0811. The van der Waals surface area contributed by atoms with E-state index in [1.165, 1.54) is 0 Å². The zero-order chi connectivity index (χ0) is 13.4. The first-order valence-corrected chi connectivity index (χ1v) is 6.85. The van der Waals surface area contributed by atoms with Crippen molar-refractivity contribution >= 4 is 5.91 Å². The Morgan fingerprint density at radius 1 is 1.44 bits per heavy atom. The van der Waals surface area contributed by atoms with Gasteiger partial charge in [-0.25, -0.2) is 0 Å². The smallest absolute Gasteiger partial charge is 0.222 e. The maximum absolute atomic E-state index is 11.6. The van der Waals surface area contributed by atoms with Crippen molar-refractivity contribution in [1.29, 1.82) is 0 Å². The van der Waals surface area contributed by atoms with E-state index in [0.717, 1.165) is 25.9 Å². The van der Waals surface area contributed by atoms with Crippen LogP contribution in [0.5, 0.6) is 0 Å². The minimum atomic E-state index is 0.0811. The number of carbonyl (C=O) groups excluding carboxylic acids is 1. The molecule has 1 heterocycles. The van der Waals surface area contributed by atoms with E-state index in [4.69, 9.17) is 4.74 Å². The van der Waals surface area contributed by atoms with E-state index in [1.807, 2.05) is 14.1 Å². The SMILES string of the molecule is CC(CNC(=O)CCOC1CCNCC1)N(C)C. The van der Waals surface area contributed by atoms with Crippen molar-refractivity contribution in [3.05, 3.63) is 0 Å². The summed E-state index contributed by atoms with van der Waals surface area (Å²) >= 11 is 0. The van der Waals surface area contributed by atoms with E-state index < -0.39 is 0 Å². The van der Waals surface area contributed by atoms with Gasteiger partial charge < -0.3 is 20.3 Å². The van der Waals surface area contributed by atoms with Crippen LogP contribution in [0.4, 0.5) is 0 Å². The molecule has 106 valence electrons. The van der Waals surface area contributed by atoms with Crippen molar-refractivity contribution in [3.63, 3.8) is 0 Å². The number of carbonyl (C=O) groups is 1. The van der Waals surface area contributed by atoms with Gasteiger partial charge in [-0.2, -0.15) is 0 Å². The molecule has 0 aromatic carbocycles. The van der Waals surface area contributed by atoms with Gasteiger partial charge in [-0.3, -0.25) is 4.79 Å². The zero-order valence-corrected chi connectivity index (χ0v) is 11.9. The molecule has 1 unspecified atom stereocenters. The highest BCUT2D eigenvalue weighted by Gasteiger charge is 2.13. The summed E-state index contributed by atoms with van der Waals surface area (Å²) in [6.45, 7) is 5.37. The number of amides is 1. The molecule has 1 rings (SSSR count). The lowest BCUT2D eigenvalue weighted by Gasteiger charge is -2.23. The van der Waals surface area contributed by atoms with Crippen molar-refractivity contribution in [1.82, 2.24) is 15.5 Å². The van der Waals surface area contributed by atoms with E-state index in [-0.39, 0.29) is 5.91 Å². The molecular formula is C13H27N3O2. The standard InChI is InChI=1S/C13H27N3O2/c1-11(16(2)3)10-15-13(17)6-9-18-12-4-7-14-8-5-12/h11-12,14H,4-10H2,1-3H3,(H,15,17). The summed E-state index contributed by atoms with van der Waals surface area (Å²) in [5, 5.41) is 6.22. The number of piperidine rings is 1. The fraction of sp³-hybridized carbons (Fsp3) is 0.923. The molecule has 0 aromatic rings. The lowest BCUT2D eigenvalue weighted by Crippen LogP contribution is -2.38. The Hall–Kier alpha value is -0.650. The van der Waals surface area contributed by atoms with Crippen molar-refractivity contribution in [3.8, 4) is 0 Å². The van der Waals surface area contributed by atoms with Crippen LogP contribution in [0.2, 0.25) is 0 Å². The van der Waals surface area contributed by atoms with Gasteiger partial charge >= 0.3 is 0 Å². The van der Waals surface area contributed by atoms with Gasteiger partial charge in [0, 0.05) is 19.0 Å². The lowest BCUT2D eigenvalue weighted by molar-refractivity contribution is -0.122. The molecule has 1 aliphatic rings. The highest BCUT2D eigenvalue weighted by atomic mass is 16.5. The van der Waals surface area contributed by atoms with E-state index in [9.17, 15) is 4.79 Å². The Labute approximate surface area is 110 Å². The van der Waals surface area contributed by atoms with Crippen molar-refractivity contribution in [2.24, 2.45) is 0 Å². The van der Waals surface area contributed by atoms with Crippen LogP contribution in [0, 0.1) is 0 Å². The number of ether oxygens (including phenoxy) is 1. The van der Waals surface area contributed by atoms with Gasteiger partial charge in [-0.1, -0.05) is 0 Å². The highest BCUT2D eigenvalue weighted by Crippen LogP contribution is 2.07. The molecule has 0 aliphatic carbocycles. The normalized spacial score (nSPS) is 18.9. The molecule has 1 atom stereocenters. The summed E-state index contributed by atoms with van der Waals surface area (Å²) in [6, 6.07) is 0.360. The van der Waals surface area contributed by atoms with Gasteiger partial charge in [0.1, 0.15) is 0 Å². The largest absolute Gasteiger partial charge is 0.378 e. The molecule has 1 aliphatic heterocycles. The first-order valence-electron chi connectivity index (χ1n) is 6.85. The Bertz CT molecular complexity index is 240. The minimum absolute atomic E-state index is 0.0811. The Morgan fingerprint density at radius 3 is 2.72 bits per heavy atom. The molecule has 0 saturated carbocycles. The van der Waals surface area contributed by atoms with Crippen LogP contribution in [0.25, 0.3) is 0 Å². The van der Waals surface area contributed by atoms with E-state index in [1.54, 1.807) is 0 Å². The summed E-state index contributed by atoms with van der Waals surface area (Å²) in [7, 11) is 4.02. The van der Waals surface area contributed by atoms with Gasteiger partial charge in [0.25, 0.3) is 0 Å². The molecule has 0 bridgehead atoms. The molecule has 1 fully saturated rings. The lowest BCUT2D eigenvalue weighted by atomic mass is 10.1. The number of hydrogen-bond acceptors (Lipinski definition) is 4. The molecule has 1 amide bonds. The van der Waals surface area contributed by atoms with E-state index >= 15 is 0 Å². The van der Waals surface area contributed by atoms with Crippen LogP contribution in [-0.2, 0) is 9.53 Å². The van der Waals surface area contributed by atoms with Crippen molar-refractivity contribution in [2.75, 3.05) is 40.3 Å². The number of rotatable bonds is 7. The number of nitrogens with one attached hydrogen (secondary N) is 2. The zero-order valence-electron chi connectivity index (χ0n) is 11.9. The third-order valence-electron chi connectivity index (χ3n) is 3.45. The van der Waals surface area contributed by atoms with Crippen LogP contribution in [0.1, 0.15) is 26.2 Å². The first kappa shape index (κ1) is 15.4. The Balaban J connectivity index is 2.02. The summed E-state index contributed by atoms with van der Waals surface area (Å²) < 4.78 is 5.70. The molecule has 0 radical (unpaired) electrons. The Kier molecular flexibility index (Phi) is 7.23. The average Bonchev–Trinajstić information content (AvgIpc) is 2.37. The third kappa shape index (κ3) is 6.33. The van der Waals surface area contributed by atoms with Crippen LogP contribution in [0.3, 0.4) is 0 Å². The average molecular weight is 257 g/mol. The van der Waals surface area contributed by atoms with Crippen LogP contribution < -0.4 is 10.6 Å². The number of nitrogens with zero attached hydrogens (tertiary/aromatic N) is 1. The maximum Gasteiger partial charge on any atom is 0.222 e. The van der Waals surface area contributed by atoms with Gasteiger partial charge in [-0.15, -0.1) is 0 Å². The molecule has 0 spiro atoms. The molecular weight excluding hydrogens is 230 g/mol. The number of hydrogen-bond donors (Lipinski definition) is 2. The monoisotopic (exact) mass is 257 g/mol.